The van der Waals surface area contributed by atoms with Crippen molar-refractivity contribution in [2.45, 2.75) is 17.7 Å². The van der Waals surface area contributed by atoms with E-state index in [-0.39, 0.29) is 17.4 Å². The quantitative estimate of drug-likeness (QED) is 0.318. The number of cyclic esters (lactones) is 1. The van der Waals surface area contributed by atoms with Gasteiger partial charge in [-0.3, -0.25) is 4.72 Å². The molecule has 2 heterocycles. The minimum absolute atomic E-state index is 0.00270. The number of rotatable bonds is 0. The van der Waals surface area contributed by atoms with Crippen LogP contribution in [0.1, 0.15) is 21.1 Å². The molecule has 0 saturated heterocycles. The summed E-state index contributed by atoms with van der Waals surface area (Å²) in [5, 5.41) is 8.10. The van der Waals surface area contributed by atoms with Gasteiger partial charge in [0.1, 0.15) is 23.1 Å². The van der Waals surface area contributed by atoms with Crippen LogP contribution in [-0.4, -0.2) is 24.5 Å². The maximum absolute atomic E-state index is 14.5. The van der Waals surface area contributed by atoms with E-state index >= 15 is 0 Å². The third-order valence-electron chi connectivity index (χ3n) is 4.38. The van der Waals surface area contributed by atoms with Crippen LogP contribution in [0.3, 0.4) is 0 Å². The van der Waals surface area contributed by atoms with Crippen molar-refractivity contribution in [3.8, 4) is 16.2 Å². The van der Waals surface area contributed by atoms with Crippen LogP contribution in [0.25, 0.3) is 10.4 Å². The molecule has 174 valence electrons. The van der Waals surface area contributed by atoms with Gasteiger partial charge < -0.3 is 9.84 Å². The highest BCUT2D eigenvalue weighted by molar-refractivity contribution is 7.92. The third kappa shape index (κ3) is 4.20. The Balaban J connectivity index is 2.01. The molecule has 0 aliphatic carbocycles. The standard InChI is InChI=1S/C18H8ClF5N2O5S2/c19-8-1-6-2-13(14(8)27)33(29,30)26-11-3-7(9(20)4-10(11)21)15-12(5-31-16(6)28)25-17(32-15)18(22,23)24/h1-4,26-27H,5H2. The van der Waals surface area contributed by atoms with Crippen LogP contribution in [0.5, 0.6) is 5.75 Å². The van der Waals surface area contributed by atoms with Gasteiger partial charge in [0.05, 0.1) is 26.8 Å². The summed E-state index contributed by atoms with van der Waals surface area (Å²) < 4.78 is 101. The van der Waals surface area contributed by atoms with Crippen molar-refractivity contribution in [3.05, 3.63) is 57.2 Å². The first-order valence-corrected chi connectivity index (χ1v) is 11.2. The fraction of sp³-hybridized carbons (Fsp3) is 0.111. The Labute approximate surface area is 190 Å². The zero-order valence-corrected chi connectivity index (χ0v) is 18.0. The van der Waals surface area contributed by atoms with Gasteiger partial charge in [0.15, 0.2) is 10.8 Å². The molecule has 0 saturated carbocycles. The van der Waals surface area contributed by atoms with E-state index in [1.165, 1.54) is 0 Å². The molecule has 2 aromatic carbocycles. The Morgan fingerprint density at radius 3 is 2.52 bits per heavy atom. The third-order valence-corrected chi connectivity index (χ3v) is 7.22. The molecule has 1 aliphatic heterocycles. The predicted molar refractivity (Wildman–Crippen MR) is 106 cm³/mol. The molecule has 0 amide bonds. The Hall–Kier alpha value is -2.97. The van der Waals surface area contributed by atoms with Gasteiger partial charge in [-0.05, 0) is 18.2 Å². The van der Waals surface area contributed by atoms with Gasteiger partial charge in [0, 0.05) is 11.6 Å². The number of hydrogen-bond acceptors (Lipinski definition) is 7. The summed E-state index contributed by atoms with van der Waals surface area (Å²) in [7, 11) is -4.81. The van der Waals surface area contributed by atoms with Gasteiger partial charge in [0.25, 0.3) is 10.0 Å². The number of aromatic hydroxyl groups is 1. The first-order valence-electron chi connectivity index (χ1n) is 8.56. The molecule has 7 nitrogen and oxygen atoms in total. The van der Waals surface area contributed by atoms with Crippen LogP contribution in [0.15, 0.2) is 29.2 Å². The van der Waals surface area contributed by atoms with E-state index in [0.29, 0.717) is 12.1 Å². The summed E-state index contributed by atoms with van der Waals surface area (Å²) in [6.45, 7) is -0.860. The molecule has 0 atom stereocenters. The lowest BCUT2D eigenvalue weighted by Crippen LogP contribution is -2.16. The topological polar surface area (TPSA) is 106 Å². The molecule has 33 heavy (non-hydrogen) atoms. The van der Waals surface area contributed by atoms with E-state index < -0.39 is 88.5 Å². The number of benzene rings is 2. The number of phenolic OH excluding ortho intramolecular Hbond substituents is 1. The molecule has 0 spiro atoms. The van der Waals surface area contributed by atoms with E-state index in [4.69, 9.17) is 16.3 Å². The molecule has 4 bridgehead atoms. The number of alkyl halides is 3. The van der Waals surface area contributed by atoms with Crippen molar-refractivity contribution in [1.82, 2.24) is 4.98 Å². The lowest BCUT2D eigenvalue weighted by atomic mass is 10.1. The average Bonchev–Trinajstić information content (AvgIpc) is 3.13. The number of ether oxygens (including phenoxy) is 1. The number of sulfonamides is 1. The van der Waals surface area contributed by atoms with Gasteiger partial charge in [-0.15, -0.1) is 11.3 Å². The van der Waals surface area contributed by atoms with Crippen LogP contribution in [0.4, 0.5) is 27.6 Å². The van der Waals surface area contributed by atoms with Crippen molar-refractivity contribution >= 4 is 44.6 Å². The molecular formula is C18H8ClF5N2O5S2. The highest BCUT2D eigenvalue weighted by Gasteiger charge is 2.37. The van der Waals surface area contributed by atoms with Crippen molar-refractivity contribution in [2.75, 3.05) is 4.72 Å². The number of phenols is 1. The minimum Gasteiger partial charge on any atom is -0.505 e. The Kier molecular flexibility index (Phi) is 5.49. The number of hydrogen-bond donors (Lipinski definition) is 2. The summed E-state index contributed by atoms with van der Waals surface area (Å²) in [4.78, 5) is 14.4. The van der Waals surface area contributed by atoms with Crippen molar-refractivity contribution < 1.29 is 45.0 Å². The van der Waals surface area contributed by atoms with Crippen LogP contribution < -0.4 is 4.72 Å². The summed E-state index contributed by atoms with van der Waals surface area (Å²) in [6, 6.07) is 2.43. The molecule has 15 heteroatoms. The fourth-order valence-electron chi connectivity index (χ4n) is 2.90. The number of thiazole rings is 1. The first kappa shape index (κ1) is 23.2. The van der Waals surface area contributed by atoms with E-state index in [0.717, 1.165) is 6.07 Å². The number of esters is 1. The fourth-order valence-corrected chi connectivity index (χ4v) is 5.33. The molecule has 1 aliphatic rings. The number of anilines is 1. The molecule has 0 radical (unpaired) electrons. The minimum atomic E-state index is -4.92. The number of halogens is 6. The highest BCUT2D eigenvalue weighted by Crippen LogP contribution is 2.42. The normalized spacial score (nSPS) is 15.4. The summed E-state index contributed by atoms with van der Waals surface area (Å²) >= 11 is 5.79. The average molecular weight is 527 g/mol. The smallest absolute Gasteiger partial charge is 0.443 e. The number of nitrogens with one attached hydrogen (secondary N) is 1. The van der Waals surface area contributed by atoms with Crippen LogP contribution in [0, 0.1) is 11.6 Å². The van der Waals surface area contributed by atoms with Crippen molar-refractivity contribution in [2.24, 2.45) is 0 Å². The summed E-state index contributed by atoms with van der Waals surface area (Å²) in [6.07, 6.45) is -4.92. The SMILES string of the molecule is O=C1OCc2nc(C(F)(F)F)sc2-c2cc(c(F)cc2F)NS(=O)(=O)c2cc1cc(Cl)c2O. The zero-order chi connectivity index (χ0) is 24.3. The monoisotopic (exact) mass is 526 g/mol. The lowest BCUT2D eigenvalue weighted by molar-refractivity contribution is -0.137. The number of aromatic nitrogens is 1. The molecule has 0 fully saturated rings. The van der Waals surface area contributed by atoms with Gasteiger partial charge in [0.2, 0.25) is 0 Å². The molecule has 4 rings (SSSR count). The zero-order valence-electron chi connectivity index (χ0n) is 15.6. The van der Waals surface area contributed by atoms with E-state index in [1.54, 1.807) is 4.72 Å². The lowest BCUT2D eigenvalue weighted by Gasteiger charge is -2.13. The summed E-state index contributed by atoms with van der Waals surface area (Å²) in [5.41, 5.74) is -2.44. The summed E-state index contributed by atoms with van der Waals surface area (Å²) in [5.74, 6) is -4.90. The second kappa shape index (κ2) is 7.81. The van der Waals surface area contributed by atoms with Gasteiger partial charge in [-0.25, -0.2) is 27.0 Å². The second-order valence-corrected chi connectivity index (χ2v) is 9.65. The largest absolute Gasteiger partial charge is 0.505 e. The van der Waals surface area contributed by atoms with E-state index in [9.17, 15) is 40.3 Å². The maximum Gasteiger partial charge on any atom is 0.443 e. The Morgan fingerprint density at radius 2 is 1.85 bits per heavy atom. The van der Waals surface area contributed by atoms with Crippen LogP contribution in [0.2, 0.25) is 5.02 Å². The highest BCUT2D eigenvalue weighted by atomic mass is 35.5. The number of fused-ring (bicyclic) bond motifs is 6. The van der Waals surface area contributed by atoms with E-state index in [2.05, 4.69) is 4.98 Å². The Morgan fingerprint density at radius 1 is 1.15 bits per heavy atom. The predicted octanol–water partition coefficient (Wildman–Crippen LogP) is 4.94. The molecular weight excluding hydrogens is 519 g/mol. The number of nitrogens with zero attached hydrogens (tertiary/aromatic N) is 1. The molecule has 0 unspecified atom stereocenters. The second-order valence-electron chi connectivity index (χ2n) is 6.59. The van der Waals surface area contributed by atoms with Gasteiger partial charge in [-0.1, -0.05) is 11.6 Å². The van der Waals surface area contributed by atoms with Gasteiger partial charge >= 0.3 is 12.1 Å². The first-order chi connectivity index (χ1) is 15.3. The number of carbonyl (C=O) groups is 1. The number of carbonyl (C=O) groups excluding carboxylic acids is 1. The van der Waals surface area contributed by atoms with Gasteiger partial charge in [-0.2, -0.15) is 13.2 Å². The van der Waals surface area contributed by atoms with Crippen molar-refractivity contribution in [1.29, 1.82) is 0 Å². The van der Waals surface area contributed by atoms with Crippen LogP contribution in [-0.2, 0) is 27.5 Å². The Bertz CT molecular complexity index is 1420. The molecule has 2 N–H and O–H groups in total. The molecule has 3 aromatic rings. The van der Waals surface area contributed by atoms with Crippen molar-refractivity contribution in [3.63, 3.8) is 0 Å². The molecule has 1 aromatic heterocycles. The van der Waals surface area contributed by atoms with E-state index in [1.807, 2.05) is 0 Å². The maximum atomic E-state index is 14.5. The van der Waals surface area contributed by atoms with Crippen LogP contribution >= 0.6 is 22.9 Å².